The van der Waals surface area contributed by atoms with Gasteiger partial charge in [-0.25, -0.2) is 8.78 Å². The minimum absolute atomic E-state index is 0.0380. The van der Waals surface area contributed by atoms with Gasteiger partial charge in [0.15, 0.2) is 0 Å². The minimum atomic E-state index is -0.701. The normalized spacial score (nSPS) is 10.3. The average Bonchev–Trinajstić information content (AvgIpc) is 2.39. The summed E-state index contributed by atoms with van der Waals surface area (Å²) in [6, 6.07) is 7.44. The Kier molecular flexibility index (Phi) is 3.93. The van der Waals surface area contributed by atoms with E-state index in [-0.39, 0.29) is 18.1 Å². The Morgan fingerprint density at radius 2 is 1.95 bits per heavy atom. The second kappa shape index (κ2) is 5.64. The molecule has 104 valence electrons. The number of hydrogen-bond donors (Lipinski definition) is 0. The summed E-state index contributed by atoms with van der Waals surface area (Å²) in [5.74, 6) is -0.636. The number of halogens is 2. The van der Waals surface area contributed by atoms with Crippen LogP contribution in [0.1, 0.15) is 11.1 Å². The predicted octanol–water partition coefficient (Wildman–Crippen LogP) is 3.76. The second-order valence-electron chi connectivity index (χ2n) is 4.27. The number of nitro groups is 1. The molecule has 0 atom stereocenters. The molecule has 0 fully saturated rings. The summed E-state index contributed by atoms with van der Waals surface area (Å²) in [7, 11) is 0. The van der Waals surface area contributed by atoms with Gasteiger partial charge in [0, 0.05) is 6.07 Å². The highest BCUT2D eigenvalue weighted by Crippen LogP contribution is 2.20. The lowest BCUT2D eigenvalue weighted by atomic mass is 10.2. The lowest BCUT2D eigenvalue weighted by Crippen LogP contribution is -1.99. The van der Waals surface area contributed by atoms with E-state index in [4.69, 9.17) is 4.74 Å². The Hall–Kier alpha value is -2.50. The molecule has 0 bridgehead atoms. The van der Waals surface area contributed by atoms with Crippen molar-refractivity contribution in [2.75, 3.05) is 0 Å². The Balaban J connectivity index is 2.14. The molecule has 2 aromatic carbocycles. The van der Waals surface area contributed by atoms with Gasteiger partial charge in [0.05, 0.1) is 11.0 Å². The Labute approximate surface area is 113 Å². The van der Waals surface area contributed by atoms with Gasteiger partial charge in [-0.1, -0.05) is 0 Å². The van der Waals surface area contributed by atoms with E-state index in [0.717, 1.165) is 12.1 Å². The molecule has 0 aliphatic carbocycles. The van der Waals surface area contributed by atoms with Crippen LogP contribution in [0.3, 0.4) is 0 Å². The van der Waals surface area contributed by atoms with Crippen LogP contribution in [0.25, 0.3) is 0 Å². The topological polar surface area (TPSA) is 52.4 Å². The molecule has 0 aliphatic heterocycles. The average molecular weight is 279 g/mol. The maximum Gasteiger partial charge on any atom is 0.272 e. The number of rotatable bonds is 4. The molecule has 0 saturated heterocycles. The largest absolute Gasteiger partial charge is 0.489 e. The van der Waals surface area contributed by atoms with E-state index in [1.165, 1.54) is 24.3 Å². The fourth-order valence-corrected chi connectivity index (χ4v) is 1.70. The van der Waals surface area contributed by atoms with Crippen LogP contribution in [0.2, 0.25) is 0 Å². The third-order valence-electron chi connectivity index (χ3n) is 2.69. The summed E-state index contributed by atoms with van der Waals surface area (Å²) >= 11 is 0. The van der Waals surface area contributed by atoms with Crippen LogP contribution in [0, 0.1) is 28.7 Å². The molecule has 6 heteroatoms. The van der Waals surface area contributed by atoms with Crippen LogP contribution in [-0.2, 0) is 6.61 Å². The van der Waals surface area contributed by atoms with Crippen molar-refractivity contribution in [2.24, 2.45) is 0 Å². The zero-order valence-corrected chi connectivity index (χ0v) is 10.6. The number of ether oxygens (including phenoxy) is 1. The van der Waals surface area contributed by atoms with Crippen LogP contribution in [0.4, 0.5) is 14.5 Å². The molecule has 0 amide bonds. The summed E-state index contributed by atoms with van der Waals surface area (Å²) in [5.41, 5.74) is 0.422. The summed E-state index contributed by atoms with van der Waals surface area (Å²) < 4.78 is 31.7. The zero-order chi connectivity index (χ0) is 14.7. The van der Waals surface area contributed by atoms with Crippen molar-refractivity contribution in [2.45, 2.75) is 13.5 Å². The Bertz CT molecular complexity index is 659. The van der Waals surface area contributed by atoms with E-state index >= 15 is 0 Å². The van der Waals surface area contributed by atoms with Crippen LogP contribution in [-0.4, -0.2) is 4.92 Å². The van der Waals surface area contributed by atoms with Gasteiger partial charge in [-0.05, 0) is 42.3 Å². The van der Waals surface area contributed by atoms with Gasteiger partial charge < -0.3 is 4.74 Å². The van der Waals surface area contributed by atoms with Crippen molar-refractivity contribution in [1.29, 1.82) is 0 Å². The van der Waals surface area contributed by atoms with Gasteiger partial charge in [0.2, 0.25) is 0 Å². The molecular formula is C14H11F2NO3. The van der Waals surface area contributed by atoms with Crippen molar-refractivity contribution in [1.82, 2.24) is 0 Å². The van der Waals surface area contributed by atoms with Gasteiger partial charge in [0.1, 0.15) is 24.0 Å². The van der Waals surface area contributed by atoms with Gasteiger partial charge in [-0.2, -0.15) is 0 Å². The fraction of sp³-hybridized carbons (Fsp3) is 0.143. The lowest BCUT2D eigenvalue weighted by Gasteiger charge is -2.07. The predicted molar refractivity (Wildman–Crippen MR) is 68.5 cm³/mol. The summed E-state index contributed by atoms with van der Waals surface area (Å²) in [5, 5.41) is 10.6. The molecule has 2 aromatic rings. The Morgan fingerprint density at radius 1 is 1.20 bits per heavy atom. The van der Waals surface area contributed by atoms with Crippen LogP contribution < -0.4 is 4.74 Å². The van der Waals surface area contributed by atoms with E-state index < -0.39 is 10.7 Å². The fourth-order valence-electron chi connectivity index (χ4n) is 1.70. The molecule has 0 spiro atoms. The molecule has 0 N–H and O–H groups in total. The van der Waals surface area contributed by atoms with Crippen LogP contribution >= 0.6 is 0 Å². The molecular weight excluding hydrogens is 268 g/mol. The molecule has 0 heterocycles. The molecule has 0 unspecified atom stereocenters. The monoisotopic (exact) mass is 279 g/mol. The first-order chi connectivity index (χ1) is 9.45. The zero-order valence-electron chi connectivity index (χ0n) is 10.6. The Morgan fingerprint density at radius 3 is 2.60 bits per heavy atom. The number of aryl methyl sites for hydroxylation is 1. The number of hydrogen-bond acceptors (Lipinski definition) is 3. The van der Waals surface area contributed by atoms with E-state index in [2.05, 4.69) is 0 Å². The highest BCUT2D eigenvalue weighted by Gasteiger charge is 2.10. The summed E-state index contributed by atoms with van der Waals surface area (Å²) in [4.78, 5) is 9.95. The van der Waals surface area contributed by atoms with Crippen LogP contribution in [0.5, 0.6) is 5.75 Å². The number of nitrogens with zero attached hydrogens (tertiary/aromatic N) is 1. The molecule has 2 rings (SSSR count). The SMILES string of the molecule is Cc1cc(OCc2cc(F)cc([N+](=O)[O-])c2)ccc1F. The summed E-state index contributed by atoms with van der Waals surface area (Å²) in [6.45, 7) is 1.55. The standard InChI is InChI=1S/C14H11F2NO3/c1-9-4-13(2-3-14(9)16)20-8-10-5-11(15)7-12(6-10)17(18)19/h2-7H,8H2,1H3. The first kappa shape index (κ1) is 13.9. The first-order valence-corrected chi connectivity index (χ1v) is 5.78. The maximum absolute atomic E-state index is 13.2. The van der Waals surface area contributed by atoms with Crippen molar-refractivity contribution in [3.8, 4) is 5.75 Å². The molecule has 0 saturated carbocycles. The van der Waals surface area contributed by atoms with Crippen molar-refractivity contribution < 1.29 is 18.4 Å². The quantitative estimate of drug-likeness (QED) is 0.632. The molecule has 0 aromatic heterocycles. The molecule has 0 radical (unpaired) electrons. The van der Waals surface area contributed by atoms with E-state index in [1.54, 1.807) is 6.92 Å². The van der Waals surface area contributed by atoms with E-state index in [0.29, 0.717) is 16.9 Å². The number of benzene rings is 2. The second-order valence-corrected chi connectivity index (χ2v) is 4.27. The maximum atomic E-state index is 13.2. The van der Waals surface area contributed by atoms with Gasteiger partial charge in [0.25, 0.3) is 5.69 Å². The highest BCUT2D eigenvalue weighted by molar-refractivity contribution is 5.35. The van der Waals surface area contributed by atoms with Gasteiger partial charge in [-0.15, -0.1) is 0 Å². The summed E-state index contributed by atoms with van der Waals surface area (Å²) in [6.07, 6.45) is 0. The van der Waals surface area contributed by atoms with Crippen molar-refractivity contribution in [3.05, 3.63) is 69.3 Å². The first-order valence-electron chi connectivity index (χ1n) is 5.78. The number of nitro benzene ring substituents is 1. The van der Waals surface area contributed by atoms with Crippen molar-refractivity contribution in [3.63, 3.8) is 0 Å². The highest BCUT2D eigenvalue weighted by atomic mass is 19.1. The third kappa shape index (κ3) is 3.28. The third-order valence-corrected chi connectivity index (χ3v) is 2.69. The molecule has 4 nitrogen and oxygen atoms in total. The van der Waals surface area contributed by atoms with Crippen LogP contribution in [0.15, 0.2) is 36.4 Å². The minimum Gasteiger partial charge on any atom is -0.489 e. The van der Waals surface area contributed by atoms with Gasteiger partial charge >= 0.3 is 0 Å². The lowest BCUT2D eigenvalue weighted by molar-refractivity contribution is -0.385. The van der Waals surface area contributed by atoms with E-state index in [1.807, 2.05) is 0 Å². The van der Waals surface area contributed by atoms with Crippen molar-refractivity contribution >= 4 is 5.69 Å². The smallest absolute Gasteiger partial charge is 0.272 e. The number of non-ortho nitro benzene ring substituents is 1. The molecule has 20 heavy (non-hydrogen) atoms. The van der Waals surface area contributed by atoms with E-state index in [9.17, 15) is 18.9 Å². The molecule has 0 aliphatic rings. The van der Waals surface area contributed by atoms with Gasteiger partial charge in [-0.3, -0.25) is 10.1 Å².